The van der Waals surface area contributed by atoms with E-state index in [1.807, 2.05) is 0 Å². The van der Waals surface area contributed by atoms with Gasteiger partial charge in [0.15, 0.2) is 5.60 Å². The van der Waals surface area contributed by atoms with Crippen molar-refractivity contribution in [1.82, 2.24) is 0 Å². The number of aryl methyl sites for hydroxylation is 1. The summed E-state index contributed by atoms with van der Waals surface area (Å²) >= 11 is 0. The van der Waals surface area contributed by atoms with Crippen molar-refractivity contribution in [1.29, 1.82) is 0 Å². The first kappa shape index (κ1) is 22.4. The van der Waals surface area contributed by atoms with Crippen LogP contribution in [0.4, 0.5) is 0 Å². The predicted octanol–water partition coefficient (Wildman–Crippen LogP) is 9.09. The van der Waals surface area contributed by atoms with Crippen LogP contribution in [0.1, 0.15) is 39.8 Å². The van der Waals surface area contributed by atoms with Gasteiger partial charge in [-0.25, -0.2) is 0 Å². The lowest BCUT2D eigenvalue weighted by atomic mass is 9.80. The molecule has 39 heavy (non-hydrogen) atoms. The Labute approximate surface area is 229 Å². The van der Waals surface area contributed by atoms with Gasteiger partial charge >= 0.3 is 0 Å². The Morgan fingerprint density at radius 2 is 1.33 bits per heavy atom. The van der Waals surface area contributed by atoms with Crippen molar-refractivity contribution in [3.63, 3.8) is 0 Å². The highest BCUT2D eigenvalue weighted by Crippen LogP contribution is 2.51. The second-order valence-electron chi connectivity index (χ2n) is 10.8. The van der Waals surface area contributed by atoms with Gasteiger partial charge in [0.05, 0.1) is 0 Å². The third kappa shape index (κ3) is 3.40. The third-order valence-electron chi connectivity index (χ3n) is 8.67. The summed E-state index contributed by atoms with van der Waals surface area (Å²) in [6.07, 6.45) is 9.27. The topological polar surface area (TPSA) is 9.23 Å². The molecule has 1 aliphatic heterocycles. The molecule has 0 radical (unpaired) electrons. The van der Waals surface area contributed by atoms with Crippen LogP contribution in [0.3, 0.4) is 0 Å². The van der Waals surface area contributed by atoms with E-state index >= 15 is 0 Å². The van der Waals surface area contributed by atoms with E-state index in [0.717, 1.165) is 29.7 Å². The van der Waals surface area contributed by atoms with Crippen molar-refractivity contribution in [2.24, 2.45) is 5.92 Å². The van der Waals surface area contributed by atoms with Gasteiger partial charge in [0.25, 0.3) is 0 Å². The zero-order valence-electron chi connectivity index (χ0n) is 21.7. The van der Waals surface area contributed by atoms with Crippen molar-refractivity contribution < 1.29 is 4.74 Å². The smallest absolute Gasteiger partial charge is 0.178 e. The largest absolute Gasteiger partial charge is 0.473 e. The average molecular weight is 501 g/mol. The zero-order valence-corrected chi connectivity index (χ0v) is 21.7. The van der Waals surface area contributed by atoms with Crippen LogP contribution in [0.15, 0.2) is 145 Å². The first-order chi connectivity index (χ1) is 19.3. The molecular formula is C38H28O. The Hall–Kier alpha value is -4.62. The molecule has 3 aliphatic rings. The highest BCUT2D eigenvalue weighted by Gasteiger charge is 2.41. The Morgan fingerprint density at radius 1 is 0.641 bits per heavy atom. The maximum absolute atomic E-state index is 7.46. The molecule has 1 atom stereocenters. The minimum absolute atomic E-state index is 0.273. The van der Waals surface area contributed by atoms with E-state index < -0.39 is 5.60 Å². The summed E-state index contributed by atoms with van der Waals surface area (Å²) in [6, 6.07) is 43.6. The Kier molecular flexibility index (Phi) is 5.00. The molecule has 1 unspecified atom stereocenters. The zero-order chi connectivity index (χ0) is 25.8. The van der Waals surface area contributed by atoms with Crippen LogP contribution in [0, 0.1) is 5.92 Å². The summed E-state index contributed by atoms with van der Waals surface area (Å²) in [5.74, 6) is 1.28. The fourth-order valence-electron chi connectivity index (χ4n) is 6.78. The Bertz CT molecular complexity index is 1780. The molecule has 0 aromatic heterocycles. The predicted molar refractivity (Wildman–Crippen MR) is 160 cm³/mol. The van der Waals surface area contributed by atoms with Crippen LogP contribution in [-0.4, -0.2) is 0 Å². The maximum Gasteiger partial charge on any atom is 0.178 e. The molecule has 0 saturated carbocycles. The van der Waals surface area contributed by atoms with Crippen molar-refractivity contribution in [3.05, 3.63) is 179 Å². The fraction of sp³-hybridized carbons (Fsp3) is 0.105. The van der Waals surface area contributed by atoms with Crippen LogP contribution in [-0.2, 0) is 16.8 Å². The van der Waals surface area contributed by atoms with Crippen molar-refractivity contribution >= 4 is 22.1 Å². The lowest BCUT2D eigenvalue weighted by molar-refractivity contribution is 0.122. The summed E-state index contributed by atoms with van der Waals surface area (Å²) in [5.41, 5.74) is 9.38. The molecule has 0 spiro atoms. The molecular weight excluding hydrogens is 472 g/mol. The van der Waals surface area contributed by atoms with E-state index in [4.69, 9.17) is 4.74 Å². The van der Waals surface area contributed by atoms with Crippen molar-refractivity contribution in [2.75, 3.05) is 0 Å². The quantitative estimate of drug-likeness (QED) is 0.235. The fourth-order valence-corrected chi connectivity index (χ4v) is 6.78. The van der Waals surface area contributed by atoms with Gasteiger partial charge in [-0.3, -0.25) is 0 Å². The van der Waals surface area contributed by atoms with E-state index in [1.54, 1.807) is 0 Å². The summed E-state index contributed by atoms with van der Waals surface area (Å²) < 4.78 is 7.46. The minimum Gasteiger partial charge on any atom is -0.473 e. The molecule has 8 rings (SSSR count). The molecule has 0 N–H and O–H groups in total. The van der Waals surface area contributed by atoms with Crippen LogP contribution >= 0.6 is 0 Å². The second kappa shape index (κ2) is 8.71. The molecule has 2 aliphatic carbocycles. The molecule has 1 heterocycles. The summed E-state index contributed by atoms with van der Waals surface area (Å²) in [4.78, 5) is 0. The molecule has 0 saturated heterocycles. The molecule has 186 valence electrons. The van der Waals surface area contributed by atoms with Gasteiger partial charge in [0.1, 0.15) is 5.76 Å². The van der Waals surface area contributed by atoms with Gasteiger partial charge < -0.3 is 4.74 Å². The van der Waals surface area contributed by atoms with Crippen molar-refractivity contribution in [2.45, 2.75) is 18.4 Å². The number of fused-ring (bicyclic) bond motifs is 9. The number of hydrogen-bond acceptors (Lipinski definition) is 1. The van der Waals surface area contributed by atoms with Crippen LogP contribution in [0.25, 0.3) is 22.1 Å². The standard InChI is InChI=1S/C38H28O/c1-3-13-29(14-4-1)38(30-15-5-2-6-16-30)24-23-33-28-20-19-26-11-7-9-17-31(26)35(25-28)34-22-21-27-12-8-10-18-32(27)36(34)37(33)39-38/h1-18,21-25,28H,19-20H2. The van der Waals surface area contributed by atoms with Gasteiger partial charge in [-0.05, 0) is 52.0 Å². The third-order valence-corrected chi connectivity index (χ3v) is 8.67. The summed E-state index contributed by atoms with van der Waals surface area (Å²) in [6.45, 7) is 0. The van der Waals surface area contributed by atoms with E-state index in [-0.39, 0.29) is 5.92 Å². The maximum atomic E-state index is 7.46. The molecule has 5 aromatic carbocycles. The Morgan fingerprint density at radius 3 is 2.13 bits per heavy atom. The molecule has 5 aromatic rings. The monoisotopic (exact) mass is 500 g/mol. The van der Waals surface area contributed by atoms with E-state index in [2.05, 4.69) is 140 Å². The lowest BCUT2D eigenvalue weighted by Gasteiger charge is -2.38. The highest BCUT2D eigenvalue weighted by molar-refractivity contribution is 6.02. The van der Waals surface area contributed by atoms with Crippen LogP contribution in [0.2, 0.25) is 0 Å². The first-order valence-electron chi connectivity index (χ1n) is 13.9. The normalized spacial score (nSPS) is 18.7. The van der Waals surface area contributed by atoms with Gasteiger partial charge in [-0.1, -0.05) is 133 Å². The lowest BCUT2D eigenvalue weighted by Crippen LogP contribution is -2.31. The van der Waals surface area contributed by atoms with Crippen LogP contribution in [0.5, 0.6) is 0 Å². The number of rotatable bonds is 2. The summed E-state index contributed by atoms with van der Waals surface area (Å²) in [5, 5.41) is 2.46. The molecule has 1 nitrogen and oxygen atoms in total. The van der Waals surface area contributed by atoms with Gasteiger partial charge in [-0.2, -0.15) is 0 Å². The number of allylic oxidation sites excluding steroid dienone is 3. The first-order valence-corrected chi connectivity index (χ1v) is 13.9. The molecule has 2 bridgehead atoms. The number of benzene rings is 5. The molecule has 0 amide bonds. The van der Waals surface area contributed by atoms with E-state index in [0.29, 0.717) is 0 Å². The average Bonchev–Trinajstić information content (AvgIpc) is 3.29. The molecule has 0 fully saturated rings. The minimum atomic E-state index is -0.716. The SMILES string of the molecule is C1=CC(c2ccccc2)(c2ccccc2)OC2=C1C1C=C(c3ccccc3CC1)c1ccc3ccccc3c12. The Balaban J connectivity index is 1.43. The number of ether oxygens (including phenoxy) is 1. The van der Waals surface area contributed by atoms with Gasteiger partial charge in [0, 0.05) is 28.2 Å². The number of hydrogen-bond donors (Lipinski definition) is 0. The van der Waals surface area contributed by atoms with Gasteiger partial charge in [-0.15, -0.1) is 0 Å². The van der Waals surface area contributed by atoms with Crippen LogP contribution < -0.4 is 0 Å². The summed E-state index contributed by atoms with van der Waals surface area (Å²) in [7, 11) is 0. The second-order valence-corrected chi connectivity index (χ2v) is 10.8. The van der Waals surface area contributed by atoms with Crippen molar-refractivity contribution in [3.8, 4) is 0 Å². The van der Waals surface area contributed by atoms with Gasteiger partial charge in [0.2, 0.25) is 0 Å². The highest BCUT2D eigenvalue weighted by atomic mass is 16.5. The van der Waals surface area contributed by atoms with E-state index in [9.17, 15) is 0 Å². The van der Waals surface area contributed by atoms with E-state index in [1.165, 1.54) is 44.2 Å². The molecule has 1 heteroatoms.